The van der Waals surface area contributed by atoms with E-state index in [1.165, 1.54) is 0 Å². The minimum Gasteiger partial charge on any atom is -0.374 e. The van der Waals surface area contributed by atoms with E-state index < -0.39 is 0 Å². The fraction of sp³-hybridized carbons (Fsp3) is 0.750. The van der Waals surface area contributed by atoms with Gasteiger partial charge in [0, 0.05) is 32.3 Å². The summed E-state index contributed by atoms with van der Waals surface area (Å²) in [5.74, 6) is 2.65. The molecular weight excluding hydrogens is 264 g/mol. The summed E-state index contributed by atoms with van der Waals surface area (Å²) < 4.78 is 5.46. The fourth-order valence-corrected chi connectivity index (χ4v) is 2.13. The van der Waals surface area contributed by atoms with Crippen molar-refractivity contribution < 1.29 is 4.74 Å². The van der Waals surface area contributed by atoms with E-state index in [2.05, 4.69) is 47.0 Å². The Morgan fingerprint density at radius 2 is 1.76 bits per heavy atom. The molecule has 1 aromatic rings. The minimum atomic E-state index is 0.469. The van der Waals surface area contributed by atoms with Crippen LogP contribution >= 0.6 is 0 Å². The van der Waals surface area contributed by atoms with Crippen molar-refractivity contribution in [1.29, 1.82) is 0 Å². The molecule has 0 saturated carbocycles. The summed E-state index contributed by atoms with van der Waals surface area (Å²) in [6.07, 6.45) is 3.30. The number of hydrogen-bond donors (Lipinski definition) is 1. The lowest BCUT2D eigenvalue weighted by Crippen LogP contribution is -2.26. The molecule has 0 unspecified atom stereocenters. The van der Waals surface area contributed by atoms with E-state index in [1.54, 1.807) is 0 Å². The molecule has 21 heavy (non-hydrogen) atoms. The Hall–Kier alpha value is -1.36. The molecule has 0 saturated heterocycles. The maximum atomic E-state index is 5.46. The molecule has 5 nitrogen and oxygen atoms in total. The van der Waals surface area contributed by atoms with Gasteiger partial charge in [-0.25, -0.2) is 9.97 Å². The van der Waals surface area contributed by atoms with Crippen LogP contribution in [-0.2, 0) is 11.3 Å². The third-order valence-corrected chi connectivity index (χ3v) is 3.06. The van der Waals surface area contributed by atoms with E-state index in [-0.39, 0.29) is 0 Å². The molecule has 120 valence electrons. The van der Waals surface area contributed by atoms with Crippen molar-refractivity contribution in [3.63, 3.8) is 0 Å². The average molecular weight is 294 g/mol. The van der Waals surface area contributed by atoms with Crippen molar-refractivity contribution in [3.8, 4) is 0 Å². The summed E-state index contributed by atoms with van der Waals surface area (Å²) in [5, 5.41) is 3.36. The lowest BCUT2D eigenvalue weighted by atomic mass is 10.3. The van der Waals surface area contributed by atoms with E-state index in [1.807, 2.05) is 6.92 Å². The van der Waals surface area contributed by atoms with Gasteiger partial charge < -0.3 is 15.0 Å². The Kier molecular flexibility index (Phi) is 8.74. The van der Waals surface area contributed by atoms with E-state index in [9.17, 15) is 0 Å². The molecule has 0 spiro atoms. The van der Waals surface area contributed by atoms with Gasteiger partial charge in [0.15, 0.2) is 5.82 Å². The molecule has 0 aliphatic rings. The SMILES string of the molecule is CCCNc1cc(N(CCC)CCC)nc(COCC)n1. The molecule has 1 rings (SSSR count). The van der Waals surface area contributed by atoms with Crippen LogP contribution in [0.5, 0.6) is 0 Å². The van der Waals surface area contributed by atoms with Crippen molar-refractivity contribution in [2.24, 2.45) is 0 Å². The summed E-state index contributed by atoms with van der Waals surface area (Å²) in [5.41, 5.74) is 0. The zero-order valence-electron chi connectivity index (χ0n) is 14.0. The van der Waals surface area contributed by atoms with Gasteiger partial charge in [-0.15, -0.1) is 0 Å². The molecule has 1 N–H and O–H groups in total. The first-order valence-corrected chi connectivity index (χ1v) is 8.19. The highest BCUT2D eigenvalue weighted by Gasteiger charge is 2.10. The molecule has 0 aliphatic heterocycles. The zero-order valence-corrected chi connectivity index (χ0v) is 14.0. The highest BCUT2D eigenvalue weighted by atomic mass is 16.5. The Morgan fingerprint density at radius 3 is 2.33 bits per heavy atom. The van der Waals surface area contributed by atoms with Gasteiger partial charge in [0.25, 0.3) is 0 Å². The average Bonchev–Trinajstić information content (AvgIpc) is 2.50. The number of rotatable bonds is 11. The molecule has 1 heterocycles. The monoisotopic (exact) mass is 294 g/mol. The topological polar surface area (TPSA) is 50.3 Å². The summed E-state index contributed by atoms with van der Waals surface area (Å²) >= 11 is 0. The number of hydrogen-bond acceptors (Lipinski definition) is 5. The third-order valence-electron chi connectivity index (χ3n) is 3.06. The number of anilines is 2. The molecule has 0 atom stereocenters. The molecule has 0 aromatic carbocycles. The van der Waals surface area contributed by atoms with Gasteiger partial charge in [-0.3, -0.25) is 0 Å². The van der Waals surface area contributed by atoms with Crippen molar-refractivity contribution in [3.05, 3.63) is 11.9 Å². The minimum absolute atomic E-state index is 0.469. The van der Waals surface area contributed by atoms with E-state index >= 15 is 0 Å². The van der Waals surface area contributed by atoms with Crippen LogP contribution in [0.15, 0.2) is 6.07 Å². The number of nitrogens with one attached hydrogen (secondary N) is 1. The lowest BCUT2D eigenvalue weighted by Gasteiger charge is -2.23. The number of ether oxygens (including phenoxy) is 1. The summed E-state index contributed by atoms with van der Waals surface area (Å²) in [6.45, 7) is 12.6. The molecule has 0 aliphatic carbocycles. The maximum Gasteiger partial charge on any atom is 0.158 e. The predicted octanol–water partition coefficient (Wildman–Crippen LogP) is 3.46. The standard InChI is InChI=1S/C16H30N4O/c1-5-9-17-14-12-16(20(10-6-2)11-7-3)19-15(18-14)13-21-8-4/h12H,5-11,13H2,1-4H3,(H,17,18,19). The Balaban J connectivity index is 2.96. The van der Waals surface area contributed by atoms with Gasteiger partial charge in [-0.05, 0) is 26.2 Å². The second kappa shape index (κ2) is 10.4. The maximum absolute atomic E-state index is 5.46. The van der Waals surface area contributed by atoms with Crippen LogP contribution in [-0.4, -0.2) is 36.2 Å². The third kappa shape index (κ3) is 6.29. The smallest absolute Gasteiger partial charge is 0.158 e. The van der Waals surface area contributed by atoms with Crippen molar-refractivity contribution >= 4 is 11.6 Å². The molecule has 0 fully saturated rings. The first kappa shape index (κ1) is 17.7. The van der Waals surface area contributed by atoms with Crippen LogP contribution in [0.1, 0.15) is 52.8 Å². The lowest BCUT2D eigenvalue weighted by molar-refractivity contribution is 0.128. The molecular formula is C16H30N4O. The van der Waals surface area contributed by atoms with Gasteiger partial charge in [0.05, 0.1) is 0 Å². The Bertz CT molecular complexity index is 366. The highest BCUT2D eigenvalue weighted by molar-refractivity contribution is 5.49. The van der Waals surface area contributed by atoms with Gasteiger partial charge >= 0.3 is 0 Å². The second-order valence-corrected chi connectivity index (χ2v) is 5.08. The van der Waals surface area contributed by atoms with E-state index in [0.29, 0.717) is 13.2 Å². The Labute approximate surface area is 129 Å². The second-order valence-electron chi connectivity index (χ2n) is 5.08. The Morgan fingerprint density at radius 1 is 1.05 bits per heavy atom. The number of nitrogens with zero attached hydrogens (tertiary/aromatic N) is 3. The van der Waals surface area contributed by atoms with Gasteiger partial charge in [0.1, 0.15) is 18.2 Å². The van der Waals surface area contributed by atoms with Crippen LogP contribution in [0.2, 0.25) is 0 Å². The van der Waals surface area contributed by atoms with E-state index in [0.717, 1.165) is 56.4 Å². The first-order valence-electron chi connectivity index (χ1n) is 8.19. The van der Waals surface area contributed by atoms with Crippen LogP contribution < -0.4 is 10.2 Å². The van der Waals surface area contributed by atoms with Gasteiger partial charge in [-0.1, -0.05) is 20.8 Å². The number of aromatic nitrogens is 2. The van der Waals surface area contributed by atoms with Crippen LogP contribution in [0, 0.1) is 0 Å². The first-order chi connectivity index (χ1) is 10.2. The van der Waals surface area contributed by atoms with E-state index in [4.69, 9.17) is 4.74 Å². The van der Waals surface area contributed by atoms with Crippen LogP contribution in [0.3, 0.4) is 0 Å². The van der Waals surface area contributed by atoms with Gasteiger partial charge in [-0.2, -0.15) is 0 Å². The quantitative estimate of drug-likeness (QED) is 0.677. The summed E-state index contributed by atoms with van der Waals surface area (Å²) in [4.78, 5) is 11.5. The van der Waals surface area contributed by atoms with Crippen molar-refractivity contribution in [2.45, 2.75) is 53.6 Å². The molecule has 1 aromatic heterocycles. The summed E-state index contributed by atoms with van der Waals surface area (Å²) in [6, 6.07) is 2.05. The fourth-order valence-electron chi connectivity index (χ4n) is 2.13. The zero-order chi connectivity index (χ0) is 15.5. The van der Waals surface area contributed by atoms with Crippen molar-refractivity contribution in [1.82, 2.24) is 9.97 Å². The van der Waals surface area contributed by atoms with Gasteiger partial charge in [0.2, 0.25) is 0 Å². The van der Waals surface area contributed by atoms with Crippen molar-refractivity contribution in [2.75, 3.05) is 36.5 Å². The largest absolute Gasteiger partial charge is 0.374 e. The normalized spacial score (nSPS) is 10.7. The van der Waals surface area contributed by atoms with Crippen LogP contribution in [0.25, 0.3) is 0 Å². The predicted molar refractivity (Wildman–Crippen MR) is 88.9 cm³/mol. The molecule has 5 heteroatoms. The molecule has 0 bridgehead atoms. The molecule has 0 amide bonds. The highest BCUT2D eigenvalue weighted by Crippen LogP contribution is 2.17. The summed E-state index contributed by atoms with van der Waals surface area (Å²) in [7, 11) is 0. The molecule has 0 radical (unpaired) electrons. The van der Waals surface area contributed by atoms with Crippen LogP contribution in [0.4, 0.5) is 11.6 Å².